The van der Waals surface area contributed by atoms with Gasteiger partial charge in [-0.25, -0.2) is 13.2 Å². The van der Waals surface area contributed by atoms with Crippen molar-refractivity contribution in [2.75, 3.05) is 20.2 Å². The van der Waals surface area contributed by atoms with E-state index in [1.165, 1.54) is 35.7 Å². The zero-order valence-corrected chi connectivity index (χ0v) is 14.2. The lowest BCUT2D eigenvalue weighted by atomic mass is 9.96. The predicted molar refractivity (Wildman–Crippen MR) is 85.5 cm³/mol. The monoisotopic (exact) mass is 348 g/mol. The molecule has 0 bridgehead atoms. The third-order valence-electron chi connectivity index (χ3n) is 3.85. The maximum absolute atomic E-state index is 12.6. The second-order valence-corrected chi connectivity index (χ2v) is 7.25. The number of rotatable bonds is 3. The average molecular weight is 349 g/mol. The van der Waals surface area contributed by atoms with E-state index in [0.29, 0.717) is 25.1 Å². The second-order valence-electron chi connectivity index (χ2n) is 5.31. The lowest BCUT2D eigenvalue weighted by Crippen LogP contribution is -2.48. The van der Waals surface area contributed by atoms with E-state index >= 15 is 0 Å². The van der Waals surface area contributed by atoms with Crippen LogP contribution in [-0.4, -0.2) is 44.9 Å². The number of esters is 1. The Kier molecular flexibility index (Phi) is 6.37. The fourth-order valence-corrected chi connectivity index (χ4v) is 3.93. The van der Waals surface area contributed by atoms with Crippen molar-refractivity contribution in [3.8, 4) is 0 Å². The zero-order valence-electron chi connectivity index (χ0n) is 12.6. The molecule has 1 fully saturated rings. The molecule has 1 aromatic carbocycles. The number of ether oxygens (including phenoxy) is 1. The molecular formula is C14H21ClN2O4S. The average Bonchev–Trinajstić information content (AvgIpc) is 2.49. The summed E-state index contributed by atoms with van der Waals surface area (Å²) in [5, 5.41) is 0. The van der Waals surface area contributed by atoms with E-state index in [0.717, 1.165) is 0 Å². The highest BCUT2D eigenvalue weighted by atomic mass is 35.5. The van der Waals surface area contributed by atoms with Crippen LogP contribution in [0.25, 0.3) is 0 Å². The summed E-state index contributed by atoms with van der Waals surface area (Å²) < 4.78 is 31.2. The molecule has 2 unspecified atom stereocenters. The van der Waals surface area contributed by atoms with Crippen LogP contribution in [0.1, 0.15) is 23.7 Å². The molecule has 22 heavy (non-hydrogen) atoms. The number of carbonyl (C=O) groups is 1. The number of nitrogens with zero attached hydrogens (tertiary/aromatic N) is 1. The van der Waals surface area contributed by atoms with Crippen LogP contribution >= 0.6 is 12.4 Å². The molecule has 0 aliphatic carbocycles. The molecule has 1 aromatic rings. The van der Waals surface area contributed by atoms with Gasteiger partial charge in [-0.3, -0.25) is 0 Å². The minimum atomic E-state index is -3.54. The Morgan fingerprint density at radius 3 is 2.41 bits per heavy atom. The van der Waals surface area contributed by atoms with E-state index < -0.39 is 16.0 Å². The van der Waals surface area contributed by atoms with E-state index in [9.17, 15) is 13.2 Å². The van der Waals surface area contributed by atoms with Gasteiger partial charge in [0, 0.05) is 19.1 Å². The van der Waals surface area contributed by atoms with Crippen LogP contribution in [0.2, 0.25) is 0 Å². The Morgan fingerprint density at radius 2 is 1.91 bits per heavy atom. The number of nitrogens with two attached hydrogens (primary N) is 1. The number of halogens is 1. The lowest BCUT2D eigenvalue weighted by molar-refractivity contribution is 0.0600. The largest absolute Gasteiger partial charge is 0.465 e. The number of hydrogen-bond donors (Lipinski definition) is 1. The van der Waals surface area contributed by atoms with Crippen molar-refractivity contribution in [2.24, 2.45) is 11.7 Å². The van der Waals surface area contributed by atoms with Crippen LogP contribution in [0.15, 0.2) is 29.2 Å². The standard InChI is InChI=1S/C14H20N2O4S.ClH/c1-10-9-16(8-7-13(10)15)21(18,19)12-5-3-11(4-6-12)14(17)20-2;/h3-6,10,13H,7-9,15H2,1-2H3;1H. The smallest absolute Gasteiger partial charge is 0.337 e. The van der Waals surface area contributed by atoms with Gasteiger partial charge in [-0.2, -0.15) is 4.31 Å². The molecular weight excluding hydrogens is 328 g/mol. The van der Waals surface area contributed by atoms with Crippen LogP contribution in [0, 0.1) is 5.92 Å². The van der Waals surface area contributed by atoms with E-state index in [1.54, 1.807) is 0 Å². The summed E-state index contributed by atoms with van der Waals surface area (Å²) in [5.41, 5.74) is 6.24. The van der Waals surface area contributed by atoms with E-state index in [-0.39, 0.29) is 29.3 Å². The summed E-state index contributed by atoms with van der Waals surface area (Å²) in [6, 6.07) is 5.81. The topological polar surface area (TPSA) is 89.7 Å². The van der Waals surface area contributed by atoms with E-state index in [4.69, 9.17) is 5.73 Å². The van der Waals surface area contributed by atoms with Gasteiger partial charge in [-0.15, -0.1) is 12.4 Å². The maximum Gasteiger partial charge on any atom is 0.337 e. The fraction of sp³-hybridized carbons (Fsp3) is 0.500. The SMILES string of the molecule is COC(=O)c1ccc(S(=O)(=O)N2CCC(N)C(C)C2)cc1.Cl. The van der Waals surface area contributed by atoms with Gasteiger partial charge >= 0.3 is 5.97 Å². The highest BCUT2D eigenvalue weighted by molar-refractivity contribution is 7.89. The lowest BCUT2D eigenvalue weighted by Gasteiger charge is -2.34. The van der Waals surface area contributed by atoms with Crippen molar-refractivity contribution in [2.45, 2.75) is 24.3 Å². The quantitative estimate of drug-likeness (QED) is 0.830. The number of sulfonamides is 1. The Hall–Kier alpha value is -1.15. The highest BCUT2D eigenvalue weighted by Gasteiger charge is 2.31. The molecule has 1 aliphatic rings. The van der Waals surface area contributed by atoms with Gasteiger partial charge in [0.05, 0.1) is 17.6 Å². The molecule has 6 nitrogen and oxygen atoms in total. The van der Waals surface area contributed by atoms with Gasteiger partial charge < -0.3 is 10.5 Å². The summed E-state index contributed by atoms with van der Waals surface area (Å²) >= 11 is 0. The summed E-state index contributed by atoms with van der Waals surface area (Å²) in [7, 11) is -2.26. The third-order valence-corrected chi connectivity index (χ3v) is 5.73. The first-order valence-electron chi connectivity index (χ1n) is 6.80. The van der Waals surface area contributed by atoms with Crippen LogP contribution < -0.4 is 5.73 Å². The second kappa shape index (κ2) is 7.41. The Morgan fingerprint density at radius 1 is 1.32 bits per heavy atom. The van der Waals surface area contributed by atoms with Crippen LogP contribution in [-0.2, 0) is 14.8 Å². The molecule has 2 atom stereocenters. The summed E-state index contributed by atoms with van der Waals surface area (Å²) in [4.78, 5) is 11.5. The van der Waals surface area contributed by atoms with Gasteiger partial charge in [-0.05, 0) is 36.6 Å². The first-order valence-corrected chi connectivity index (χ1v) is 8.24. The molecule has 0 radical (unpaired) electrons. The molecule has 1 saturated heterocycles. The molecule has 1 aliphatic heterocycles. The van der Waals surface area contributed by atoms with Gasteiger partial charge in [0.1, 0.15) is 0 Å². The van der Waals surface area contributed by atoms with Crippen LogP contribution in [0.4, 0.5) is 0 Å². The Balaban J connectivity index is 0.00000242. The maximum atomic E-state index is 12.6. The number of carbonyl (C=O) groups excluding carboxylic acids is 1. The molecule has 124 valence electrons. The minimum Gasteiger partial charge on any atom is -0.465 e. The van der Waals surface area contributed by atoms with Gasteiger partial charge in [-0.1, -0.05) is 6.92 Å². The molecule has 0 amide bonds. The minimum absolute atomic E-state index is 0. The molecule has 2 rings (SSSR count). The van der Waals surface area contributed by atoms with Gasteiger partial charge in [0.2, 0.25) is 10.0 Å². The van der Waals surface area contributed by atoms with Crippen molar-refractivity contribution < 1.29 is 17.9 Å². The first kappa shape index (κ1) is 18.9. The molecule has 0 aromatic heterocycles. The van der Waals surface area contributed by atoms with Crippen molar-refractivity contribution >= 4 is 28.4 Å². The normalized spacial score (nSPS) is 22.7. The van der Waals surface area contributed by atoms with E-state index in [2.05, 4.69) is 4.74 Å². The molecule has 8 heteroatoms. The zero-order chi connectivity index (χ0) is 15.6. The highest BCUT2D eigenvalue weighted by Crippen LogP contribution is 2.23. The van der Waals surface area contributed by atoms with E-state index in [1.807, 2.05) is 6.92 Å². The number of piperidine rings is 1. The van der Waals surface area contributed by atoms with Gasteiger partial charge in [0.25, 0.3) is 0 Å². The predicted octanol–water partition coefficient (Wildman–Crippen LogP) is 1.25. The Bertz CT molecular complexity index is 618. The number of benzene rings is 1. The first-order chi connectivity index (χ1) is 9.86. The van der Waals surface area contributed by atoms with Crippen molar-refractivity contribution in [1.29, 1.82) is 0 Å². The summed E-state index contributed by atoms with van der Waals surface area (Å²) in [6.45, 7) is 2.79. The summed E-state index contributed by atoms with van der Waals surface area (Å²) in [5.74, 6) is -0.362. The van der Waals surface area contributed by atoms with Crippen LogP contribution in [0.3, 0.4) is 0 Å². The van der Waals surface area contributed by atoms with Crippen molar-refractivity contribution in [3.63, 3.8) is 0 Å². The number of hydrogen-bond acceptors (Lipinski definition) is 5. The van der Waals surface area contributed by atoms with Crippen LogP contribution in [0.5, 0.6) is 0 Å². The fourth-order valence-electron chi connectivity index (χ4n) is 2.37. The molecule has 2 N–H and O–H groups in total. The van der Waals surface area contributed by atoms with Gasteiger partial charge in [0.15, 0.2) is 0 Å². The Labute approximate surface area is 137 Å². The molecule has 0 spiro atoms. The number of methoxy groups -OCH3 is 1. The molecule has 1 heterocycles. The third kappa shape index (κ3) is 3.78. The molecule has 0 saturated carbocycles. The summed E-state index contributed by atoms with van der Waals surface area (Å²) in [6.07, 6.45) is 0.653. The van der Waals surface area contributed by atoms with Crippen molar-refractivity contribution in [1.82, 2.24) is 4.31 Å². The van der Waals surface area contributed by atoms with Crippen molar-refractivity contribution in [3.05, 3.63) is 29.8 Å².